The van der Waals surface area contributed by atoms with Gasteiger partial charge in [0, 0.05) is 0 Å². The van der Waals surface area contributed by atoms with E-state index in [0.717, 1.165) is 14.9 Å². The average molecular weight is 349 g/mol. The van der Waals surface area contributed by atoms with Crippen LogP contribution >= 0.6 is 34.2 Å². The second kappa shape index (κ2) is 5.05. The van der Waals surface area contributed by atoms with Gasteiger partial charge in [0.15, 0.2) is 0 Å². The van der Waals surface area contributed by atoms with Gasteiger partial charge in [-0.1, -0.05) is 23.7 Å². The van der Waals surface area contributed by atoms with Gasteiger partial charge in [0.25, 0.3) is 0 Å². The van der Waals surface area contributed by atoms with Gasteiger partial charge in [-0.15, -0.1) is 0 Å². The van der Waals surface area contributed by atoms with Crippen LogP contribution in [0.15, 0.2) is 30.5 Å². The summed E-state index contributed by atoms with van der Waals surface area (Å²) in [5.41, 5.74) is 1.14. The summed E-state index contributed by atoms with van der Waals surface area (Å²) in [6, 6.07) is 7.86. The van der Waals surface area contributed by atoms with Gasteiger partial charge in [0.2, 0.25) is 0 Å². The molecule has 0 atom stereocenters. The first-order valence-corrected chi connectivity index (χ1v) is 6.16. The maximum atomic E-state index is 6.09. The van der Waals surface area contributed by atoms with E-state index >= 15 is 0 Å². The second-order valence-corrected chi connectivity index (χ2v) is 4.81. The summed E-state index contributed by atoms with van der Waals surface area (Å²) in [7, 11) is 1.65. The molecule has 0 bridgehead atoms. The monoisotopic (exact) mass is 348 g/mol. The van der Waals surface area contributed by atoms with Crippen LogP contribution in [0.25, 0.3) is 0 Å². The number of hydrogen-bond acceptors (Lipinski definition) is 2. The third-order valence-corrected chi connectivity index (χ3v) is 3.73. The van der Waals surface area contributed by atoms with Crippen LogP contribution in [0.5, 0.6) is 5.75 Å². The summed E-state index contributed by atoms with van der Waals surface area (Å²) < 4.78 is 7.83. The predicted octanol–water partition coefficient (Wildman–Crippen LogP) is 3.20. The highest BCUT2D eigenvalue weighted by atomic mass is 127. The van der Waals surface area contributed by atoms with Crippen molar-refractivity contribution >= 4 is 34.2 Å². The third-order valence-electron chi connectivity index (χ3n) is 2.23. The number of methoxy groups -OCH3 is 1. The number of nitrogens with zero attached hydrogens (tertiary/aromatic N) is 2. The summed E-state index contributed by atoms with van der Waals surface area (Å²) in [6.45, 7) is 0.672. The molecule has 1 aromatic carbocycles. The number of rotatable bonds is 3. The first-order valence-electron chi connectivity index (χ1n) is 4.70. The van der Waals surface area contributed by atoms with E-state index in [1.54, 1.807) is 18.0 Å². The Morgan fingerprint density at radius 1 is 1.38 bits per heavy atom. The van der Waals surface area contributed by atoms with E-state index in [2.05, 4.69) is 27.7 Å². The molecule has 84 valence electrons. The molecule has 0 fully saturated rings. The van der Waals surface area contributed by atoms with Crippen LogP contribution in [0, 0.1) is 3.57 Å². The molecule has 0 aliphatic rings. The van der Waals surface area contributed by atoms with Gasteiger partial charge in [0.1, 0.15) is 10.9 Å². The number of hydrogen-bond donors (Lipinski definition) is 0. The molecular weight excluding hydrogens is 338 g/mol. The third kappa shape index (κ3) is 2.49. The van der Waals surface area contributed by atoms with Gasteiger partial charge >= 0.3 is 0 Å². The molecule has 2 aromatic rings. The van der Waals surface area contributed by atoms with Crippen LogP contribution in [0.1, 0.15) is 5.56 Å². The van der Waals surface area contributed by atoms with Crippen molar-refractivity contribution in [3.05, 3.63) is 44.7 Å². The van der Waals surface area contributed by atoms with Gasteiger partial charge in [-0.2, -0.15) is 5.10 Å². The molecular formula is C11H10ClIN2O. The average Bonchev–Trinajstić information content (AvgIpc) is 2.62. The minimum atomic E-state index is 0.672. The first kappa shape index (κ1) is 11.7. The number of ether oxygens (including phenoxy) is 1. The van der Waals surface area contributed by atoms with E-state index in [0.29, 0.717) is 11.7 Å². The Morgan fingerprint density at radius 3 is 2.56 bits per heavy atom. The van der Waals surface area contributed by atoms with Crippen molar-refractivity contribution in [2.45, 2.75) is 6.54 Å². The largest absolute Gasteiger partial charge is 0.497 e. The lowest BCUT2D eigenvalue weighted by molar-refractivity contribution is 0.414. The molecule has 1 heterocycles. The predicted molar refractivity (Wildman–Crippen MR) is 72.1 cm³/mol. The van der Waals surface area contributed by atoms with E-state index in [4.69, 9.17) is 16.3 Å². The van der Waals surface area contributed by atoms with Crippen LogP contribution in [0.2, 0.25) is 5.15 Å². The first-order chi connectivity index (χ1) is 7.70. The lowest BCUT2D eigenvalue weighted by Gasteiger charge is -2.04. The summed E-state index contributed by atoms with van der Waals surface area (Å²) in [4.78, 5) is 0. The van der Waals surface area contributed by atoms with Gasteiger partial charge in [-0.25, -0.2) is 4.68 Å². The number of aromatic nitrogens is 2. The highest BCUT2D eigenvalue weighted by molar-refractivity contribution is 14.1. The van der Waals surface area contributed by atoms with Gasteiger partial charge in [0.05, 0.1) is 23.4 Å². The molecule has 1 aromatic heterocycles. The van der Waals surface area contributed by atoms with Crippen LogP contribution in [-0.2, 0) is 6.54 Å². The fourth-order valence-electron chi connectivity index (χ4n) is 1.36. The smallest absolute Gasteiger partial charge is 0.140 e. The van der Waals surface area contributed by atoms with Crippen molar-refractivity contribution in [3.8, 4) is 5.75 Å². The Hall–Kier alpha value is -0.750. The molecule has 0 saturated carbocycles. The minimum absolute atomic E-state index is 0.672. The zero-order valence-corrected chi connectivity index (χ0v) is 11.6. The van der Waals surface area contributed by atoms with Crippen LogP contribution in [0.3, 0.4) is 0 Å². The molecule has 2 rings (SSSR count). The fraction of sp³-hybridized carbons (Fsp3) is 0.182. The Kier molecular flexibility index (Phi) is 3.70. The Labute approximate surface area is 113 Å². The maximum absolute atomic E-state index is 6.09. The minimum Gasteiger partial charge on any atom is -0.497 e. The van der Waals surface area contributed by atoms with E-state index in [-0.39, 0.29) is 0 Å². The Morgan fingerprint density at radius 2 is 2.06 bits per heavy atom. The zero-order chi connectivity index (χ0) is 11.5. The summed E-state index contributed by atoms with van der Waals surface area (Å²) in [6.07, 6.45) is 1.76. The van der Waals surface area contributed by atoms with E-state index < -0.39 is 0 Å². The topological polar surface area (TPSA) is 27.1 Å². The molecule has 0 spiro atoms. The molecule has 0 saturated heterocycles. The molecule has 3 nitrogen and oxygen atoms in total. The lowest BCUT2D eigenvalue weighted by Crippen LogP contribution is -2.01. The van der Waals surface area contributed by atoms with Crippen molar-refractivity contribution in [2.75, 3.05) is 7.11 Å². The molecule has 0 amide bonds. The highest BCUT2D eigenvalue weighted by Gasteiger charge is 2.05. The molecule has 5 heteroatoms. The summed E-state index contributed by atoms with van der Waals surface area (Å²) >= 11 is 8.25. The van der Waals surface area contributed by atoms with E-state index in [1.165, 1.54) is 0 Å². The molecule has 0 aliphatic heterocycles. The summed E-state index contributed by atoms with van der Waals surface area (Å²) in [5, 5.41) is 4.88. The Bertz CT molecular complexity index is 481. The molecule has 0 aliphatic carbocycles. The van der Waals surface area contributed by atoms with Crippen molar-refractivity contribution in [3.63, 3.8) is 0 Å². The SMILES string of the molecule is COc1ccc(Cn2ncc(I)c2Cl)cc1. The normalized spacial score (nSPS) is 10.4. The fourth-order valence-corrected chi connectivity index (χ4v) is 1.92. The van der Waals surface area contributed by atoms with Crippen LogP contribution < -0.4 is 4.74 Å². The number of benzene rings is 1. The van der Waals surface area contributed by atoms with Crippen molar-refractivity contribution in [2.24, 2.45) is 0 Å². The van der Waals surface area contributed by atoms with Gasteiger partial charge in [-0.05, 0) is 40.3 Å². The molecule has 0 N–H and O–H groups in total. The zero-order valence-electron chi connectivity index (χ0n) is 8.65. The van der Waals surface area contributed by atoms with E-state index in [1.807, 2.05) is 24.3 Å². The highest BCUT2D eigenvalue weighted by Crippen LogP contribution is 2.19. The van der Waals surface area contributed by atoms with Crippen LogP contribution in [-0.4, -0.2) is 16.9 Å². The Balaban J connectivity index is 2.17. The quantitative estimate of drug-likeness (QED) is 0.797. The molecule has 16 heavy (non-hydrogen) atoms. The lowest BCUT2D eigenvalue weighted by atomic mass is 10.2. The summed E-state index contributed by atoms with van der Waals surface area (Å²) in [5.74, 6) is 0.852. The maximum Gasteiger partial charge on any atom is 0.140 e. The number of halogens is 2. The molecule has 0 radical (unpaired) electrons. The standard InChI is InChI=1S/C11H10ClIN2O/c1-16-9-4-2-8(3-5-9)7-15-11(12)10(13)6-14-15/h2-6H,7H2,1H3. The second-order valence-electron chi connectivity index (χ2n) is 3.29. The van der Waals surface area contributed by atoms with Crippen LogP contribution in [0.4, 0.5) is 0 Å². The molecule has 0 unspecified atom stereocenters. The van der Waals surface area contributed by atoms with Crippen molar-refractivity contribution in [1.29, 1.82) is 0 Å². The van der Waals surface area contributed by atoms with E-state index in [9.17, 15) is 0 Å². The van der Waals surface area contributed by atoms with Gasteiger partial charge < -0.3 is 4.74 Å². The van der Waals surface area contributed by atoms with Crippen molar-refractivity contribution in [1.82, 2.24) is 9.78 Å². The van der Waals surface area contributed by atoms with Crippen molar-refractivity contribution < 1.29 is 4.74 Å². The van der Waals surface area contributed by atoms with Gasteiger partial charge in [-0.3, -0.25) is 0 Å².